The molecule has 0 spiro atoms. The first-order chi connectivity index (χ1) is 27.7. The Balaban J connectivity index is 1.36. The summed E-state index contributed by atoms with van der Waals surface area (Å²) >= 11 is 0. The van der Waals surface area contributed by atoms with Crippen molar-refractivity contribution in [2.24, 2.45) is 0 Å². The summed E-state index contributed by atoms with van der Waals surface area (Å²) in [6, 6.07) is 25.3. The fourth-order valence-corrected chi connectivity index (χ4v) is 7.29. The number of carbonyl (C=O) groups is 4. The van der Waals surface area contributed by atoms with E-state index < -0.39 is 59.0 Å². The molecule has 2 aliphatic heterocycles. The summed E-state index contributed by atoms with van der Waals surface area (Å²) in [5.74, 6) is -1.59. The van der Waals surface area contributed by atoms with E-state index in [2.05, 4.69) is 5.32 Å². The van der Waals surface area contributed by atoms with Gasteiger partial charge < -0.3 is 39.3 Å². The highest BCUT2D eigenvalue weighted by molar-refractivity contribution is 6.05. The zero-order chi connectivity index (χ0) is 41.6. The number of fused-ring (bicyclic) bond motifs is 1. The predicted octanol–water partition coefficient (Wildman–Crippen LogP) is 7.84. The Hall–Kier alpha value is -6.25. The molecular formula is C43H45F3N4O8. The van der Waals surface area contributed by atoms with Crippen LogP contribution in [-0.2, 0) is 34.5 Å². The smallest absolute Gasteiger partial charge is 0.417 e. The number of carbonyl (C=O) groups excluding carboxylic acids is 3. The van der Waals surface area contributed by atoms with Gasteiger partial charge in [0.05, 0.1) is 22.9 Å². The number of alkyl halides is 3. The number of ether oxygens (including phenoxy) is 3. The number of rotatable bonds is 12. The van der Waals surface area contributed by atoms with Gasteiger partial charge >= 0.3 is 18.4 Å². The van der Waals surface area contributed by atoms with Gasteiger partial charge in [0.25, 0.3) is 11.8 Å². The third kappa shape index (κ3) is 9.30. The van der Waals surface area contributed by atoms with E-state index in [1.165, 1.54) is 16.7 Å². The van der Waals surface area contributed by atoms with Crippen molar-refractivity contribution >= 4 is 29.7 Å². The van der Waals surface area contributed by atoms with Crippen molar-refractivity contribution in [1.82, 2.24) is 15.1 Å². The number of hydrogen-bond acceptors (Lipinski definition) is 7. The molecule has 2 atom stereocenters. The minimum absolute atomic E-state index is 0.0178. The molecule has 1 saturated heterocycles. The average molecular weight is 803 g/mol. The van der Waals surface area contributed by atoms with E-state index in [1.54, 1.807) is 62.4 Å². The summed E-state index contributed by atoms with van der Waals surface area (Å²) in [6.45, 7) is 4.68. The van der Waals surface area contributed by atoms with Crippen molar-refractivity contribution in [3.8, 4) is 11.5 Å². The van der Waals surface area contributed by atoms with Crippen molar-refractivity contribution in [3.63, 3.8) is 0 Å². The second kappa shape index (κ2) is 17.5. The normalized spacial score (nSPS) is 17.9. The van der Waals surface area contributed by atoms with Crippen LogP contribution < -0.4 is 19.7 Å². The molecule has 0 aromatic heterocycles. The number of piperidine rings is 1. The summed E-state index contributed by atoms with van der Waals surface area (Å²) in [6.07, 6.45) is -6.21. The van der Waals surface area contributed by atoms with Gasteiger partial charge in [0.15, 0.2) is 0 Å². The first-order valence-corrected chi connectivity index (χ1v) is 18.9. The van der Waals surface area contributed by atoms with Crippen LogP contribution >= 0.6 is 0 Å². The first-order valence-electron chi connectivity index (χ1n) is 18.9. The number of benzene rings is 4. The lowest BCUT2D eigenvalue weighted by molar-refractivity contribution is -0.138. The second-order valence-corrected chi connectivity index (χ2v) is 14.6. The van der Waals surface area contributed by atoms with Gasteiger partial charge in [0.2, 0.25) is 5.60 Å². The van der Waals surface area contributed by atoms with Crippen LogP contribution in [0.3, 0.4) is 0 Å². The van der Waals surface area contributed by atoms with Gasteiger partial charge in [-0.3, -0.25) is 9.59 Å². The number of anilines is 1. The Bertz CT molecular complexity index is 2120. The van der Waals surface area contributed by atoms with Crippen molar-refractivity contribution in [3.05, 3.63) is 125 Å². The Kier molecular flexibility index (Phi) is 12.5. The minimum atomic E-state index is -5.04. The molecule has 1 unspecified atom stereocenters. The fraction of sp³-hybridized carbons (Fsp3) is 0.349. The number of nitrogens with zero attached hydrogens (tertiary/aromatic N) is 3. The number of alkyl carbamates (subject to hydrolysis) is 1. The summed E-state index contributed by atoms with van der Waals surface area (Å²) < 4.78 is 62.7. The van der Waals surface area contributed by atoms with Crippen LogP contribution in [0.5, 0.6) is 11.5 Å². The second-order valence-electron chi connectivity index (χ2n) is 14.6. The van der Waals surface area contributed by atoms with E-state index in [4.69, 9.17) is 14.2 Å². The fourth-order valence-electron chi connectivity index (χ4n) is 7.29. The van der Waals surface area contributed by atoms with Gasteiger partial charge in [0, 0.05) is 37.8 Å². The third-order valence-corrected chi connectivity index (χ3v) is 10.2. The molecule has 0 saturated carbocycles. The average Bonchev–Trinajstić information content (AvgIpc) is 3.21. The molecule has 2 heterocycles. The molecule has 4 aromatic rings. The van der Waals surface area contributed by atoms with Crippen molar-refractivity contribution in [2.45, 2.75) is 70.7 Å². The molecule has 0 bridgehead atoms. The predicted molar refractivity (Wildman–Crippen MR) is 208 cm³/mol. The molecule has 12 nitrogen and oxygen atoms in total. The molecule has 0 aliphatic carbocycles. The standard InChI is InChI=1S/C43H45F3N4O8/c1-28(2)50(32-17-11-20-48(25-32)41(54)55)38(51)34-23-36-37(24-35(34)43(44,45)46)58-42(3,31-16-10-18-33(22-31)56-26-29-12-6-4-7-13-29)39(52)49(36)21-19-47-40(53)57-27-30-14-8-5-9-15-30/h4-10,12-16,18,22-24,28,32H,11,17,19-21,25-27H2,1-3H3,(H,47,53)(H,54,55)/t32-,42?/m1/s1. The van der Waals surface area contributed by atoms with Crippen LogP contribution in [-0.4, -0.2) is 77.2 Å². The number of hydrogen-bond donors (Lipinski definition) is 2. The van der Waals surface area contributed by atoms with E-state index in [0.29, 0.717) is 18.6 Å². The molecule has 306 valence electrons. The van der Waals surface area contributed by atoms with Gasteiger partial charge in [-0.15, -0.1) is 0 Å². The van der Waals surface area contributed by atoms with Crippen molar-refractivity contribution in [1.29, 1.82) is 0 Å². The summed E-state index contributed by atoms with van der Waals surface area (Å²) in [5.41, 5.74) is -2.09. The van der Waals surface area contributed by atoms with Crippen molar-refractivity contribution < 1.29 is 51.7 Å². The SMILES string of the molecule is CC(C)N(C(=O)c1cc2c(cc1C(F)(F)F)OC(C)(c1cccc(OCc3ccccc3)c1)C(=O)N2CCNC(=O)OCc1ccccc1)[C@@H]1CCCN(C(=O)O)C1. The van der Waals surface area contributed by atoms with Crippen LogP contribution in [0.4, 0.5) is 28.4 Å². The lowest BCUT2D eigenvalue weighted by atomic mass is 9.90. The largest absolute Gasteiger partial charge is 0.489 e. The number of amides is 4. The van der Waals surface area contributed by atoms with E-state index in [0.717, 1.165) is 28.2 Å². The zero-order valence-corrected chi connectivity index (χ0v) is 32.3. The molecule has 2 aliphatic rings. The Morgan fingerprint density at radius 2 is 1.64 bits per heavy atom. The molecule has 2 N–H and O–H groups in total. The van der Waals surface area contributed by atoms with E-state index >= 15 is 13.2 Å². The van der Waals surface area contributed by atoms with Crippen LogP contribution in [0.1, 0.15) is 66.2 Å². The van der Waals surface area contributed by atoms with Crippen LogP contribution in [0.15, 0.2) is 97.1 Å². The van der Waals surface area contributed by atoms with Crippen LogP contribution in [0.2, 0.25) is 0 Å². The Morgan fingerprint density at radius 3 is 2.28 bits per heavy atom. The van der Waals surface area contributed by atoms with Crippen LogP contribution in [0.25, 0.3) is 0 Å². The highest BCUT2D eigenvalue weighted by Crippen LogP contribution is 2.47. The summed E-state index contributed by atoms with van der Waals surface area (Å²) in [4.78, 5) is 57.2. The number of likely N-dealkylation sites (tertiary alicyclic amines) is 1. The van der Waals surface area contributed by atoms with Crippen LogP contribution in [0, 0.1) is 0 Å². The van der Waals surface area contributed by atoms with Gasteiger partial charge in [-0.2, -0.15) is 13.2 Å². The maximum atomic E-state index is 15.0. The molecule has 15 heteroatoms. The van der Waals surface area contributed by atoms with E-state index in [-0.39, 0.29) is 56.4 Å². The Morgan fingerprint density at radius 1 is 0.966 bits per heavy atom. The zero-order valence-electron chi connectivity index (χ0n) is 32.3. The third-order valence-electron chi connectivity index (χ3n) is 10.2. The minimum Gasteiger partial charge on any atom is -0.489 e. The first kappa shape index (κ1) is 41.4. The van der Waals surface area contributed by atoms with Crippen molar-refractivity contribution in [2.75, 3.05) is 31.1 Å². The molecule has 4 aromatic carbocycles. The van der Waals surface area contributed by atoms with E-state index in [9.17, 15) is 24.3 Å². The number of nitrogens with one attached hydrogen (secondary N) is 1. The van der Waals surface area contributed by atoms with Gasteiger partial charge in [-0.25, -0.2) is 9.59 Å². The van der Waals surface area contributed by atoms with Gasteiger partial charge in [-0.1, -0.05) is 72.8 Å². The molecule has 4 amide bonds. The maximum Gasteiger partial charge on any atom is 0.417 e. The molecular weight excluding hydrogens is 757 g/mol. The monoisotopic (exact) mass is 802 g/mol. The topological polar surface area (TPSA) is 138 Å². The summed E-state index contributed by atoms with van der Waals surface area (Å²) in [7, 11) is 0. The number of halogens is 3. The van der Waals surface area contributed by atoms with E-state index in [1.807, 2.05) is 36.4 Å². The molecule has 0 radical (unpaired) electrons. The maximum absolute atomic E-state index is 15.0. The molecule has 6 rings (SSSR count). The quantitative estimate of drug-likeness (QED) is 0.148. The lowest BCUT2D eigenvalue weighted by Crippen LogP contribution is -2.55. The molecule has 58 heavy (non-hydrogen) atoms. The molecule has 1 fully saturated rings. The van der Waals surface area contributed by atoms with Gasteiger partial charge in [0.1, 0.15) is 24.7 Å². The van der Waals surface area contributed by atoms with Gasteiger partial charge in [-0.05, 0) is 69.0 Å². The highest BCUT2D eigenvalue weighted by Gasteiger charge is 2.49. The summed E-state index contributed by atoms with van der Waals surface area (Å²) in [5, 5.41) is 12.3. The highest BCUT2D eigenvalue weighted by atomic mass is 19.4. The Labute approximate surface area is 334 Å². The lowest BCUT2D eigenvalue weighted by Gasteiger charge is -2.42. The number of carboxylic acid groups (broad SMARTS) is 1.